The molecule has 0 fully saturated rings. The zero-order chi connectivity index (χ0) is 15.6. The van der Waals surface area contributed by atoms with Gasteiger partial charge in [-0.1, -0.05) is 81.4 Å². The second-order valence-electron chi connectivity index (χ2n) is 7.00. The second kappa shape index (κ2) is 5.60. The van der Waals surface area contributed by atoms with Crippen molar-refractivity contribution < 1.29 is 4.74 Å². The number of aliphatic imine (C=N–C) groups is 1. The smallest absolute Gasteiger partial charge is 0.190 e. The van der Waals surface area contributed by atoms with Crippen molar-refractivity contribution in [2.45, 2.75) is 32.8 Å². The standard InChI is InChI=1S/C20H23NO/c1-19(2,3)18-21-15-20(22-18,17-12-8-5-9-13-17)14-16-10-6-4-7-11-16/h4-13H,14-15H2,1-3H3/t20-/m0/s1. The van der Waals surface area contributed by atoms with Crippen LogP contribution < -0.4 is 0 Å². The van der Waals surface area contributed by atoms with Crippen molar-refractivity contribution in [1.82, 2.24) is 0 Å². The third kappa shape index (κ3) is 2.92. The molecule has 114 valence electrons. The van der Waals surface area contributed by atoms with E-state index in [2.05, 4.69) is 69.3 Å². The van der Waals surface area contributed by atoms with Gasteiger partial charge in [0.05, 0.1) is 6.54 Å². The van der Waals surface area contributed by atoms with Gasteiger partial charge in [-0.3, -0.25) is 4.99 Å². The highest BCUT2D eigenvalue weighted by Crippen LogP contribution is 2.38. The molecule has 2 aromatic rings. The second-order valence-corrected chi connectivity index (χ2v) is 7.00. The van der Waals surface area contributed by atoms with E-state index in [1.165, 1.54) is 11.1 Å². The highest BCUT2D eigenvalue weighted by Gasteiger charge is 2.42. The van der Waals surface area contributed by atoms with Gasteiger partial charge in [-0.05, 0) is 11.1 Å². The van der Waals surface area contributed by atoms with Crippen molar-refractivity contribution in [3.8, 4) is 0 Å². The Balaban J connectivity index is 1.95. The van der Waals surface area contributed by atoms with E-state index in [0.29, 0.717) is 6.54 Å². The number of hydrogen-bond donors (Lipinski definition) is 0. The van der Waals surface area contributed by atoms with Crippen molar-refractivity contribution >= 4 is 5.90 Å². The Hall–Kier alpha value is -2.09. The van der Waals surface area contributed by atoms with Gasteiger partial charge in [-0.2, -0.15) is 0 Å². The lowest BCUT2D eigenvalue weighted by Crippen LogP contribution is -2.35. The monoisotopic (exact) mass is 293 g/mol. The minimum atomic E-state index is -0.384. The van der Waals surface area contributed by atoms with Crippen LogP contribution in [0, 0.1) is 5.41 Å². The zero-order valence-corrected chi connectivity index (χ0v) is 13.5. The van der Waals surface area contributed by atoms with Crippen LogP contribution >= 0.6 is 0 Å². The van der Waals surface area contributed by atoms with E-state index >= 15 is 0 Å². The molecular formula is C20H23NO. The maximum Gasteiger partial charge on any atom is 0.190 e. The van der Waals surface area contributed by atoms with Gasteiger partial charge in [0.25, 0.3) is 0 Å². The molecule has 0 N–H and O–H groups in total. The summed E-state index contributed by atoms with van der Waals surface area (Å²) in [5.41, 5.74) is 2.02. The molecule has 3 rings (SSSR count). The lowest BCUT2D eigenvalue weighted by molar-refractivity contribution is 0.0732. The minimum absolute atomic E-state index is 0.0623. The van der Waals surface area contributed by atoms with Gasteiger partial charge < -0.3 is 4.74 Å². The van der Waals surface area contributed by atoms with Gasteiger partial charge in [0.15, 0.2) is 11.5 Å². The Morgan fingerprint density at radius 1 is 0.955 bits per heavy atom. The summed E-state index contributed by atoms with van der Waals surface area (Å²) in [6.45, 7) is 7.12. The van der Waals surface area contributed by atoms with Gasteiger partial charge in [0, 0.05) is 11.8 Å². The first-order valence-corrected chi connectivity index (χ1v) is 7.83. The number of benzene rings is 2. The van der Waals surface area contributed by atoms with Crippen molar-refractivity contribution in [2.75, 3.05) is 6.54 Å². The SMILES string of the molecule is CC(C)(C)C1=NC[C@@](Cc2ccccc2)(c2ccccc2)O1. The topological polar surface area (TPSA) is 21.6 Å². The predicted molar refractivity (Wildman–Crippen MR) is 91.1 cm³/mol. The Morgan fingerprint density at radius 2 is 1.55 bits per heavy atom. The summed E-state index contributed by atoms with van der Waals surface area (Å²) < 4.78 is 6.45. The average molecular weight is 293 g/mol. The van der Waals surface area contributed by atoms with Crippen LogP contribution in [0.25, 0.3) is 0 Å². The van der Waals surface area contributed by atoms with Crippen LogP contribution in [0.4, 0.5) is 0 Å². The molecule has 1 heterocycles. The fourth-order valence-corrected chi connectivity index (χ4v) is 2.85. The Morgan fingerprint density at radius 3 is 2.09 bits per heavy atom. The van der Waals surface area contributed by atoms with Crippen LogP contribution in [0.15, 0.2) is 65.7 Å². The van der Waals surface area contributed by atoms with Gasteiger partial charge in [-0.15, -0.1) is 0 Å². The highest BCUT2D eigenvalue weighted by molar-refractivity contribution is 5.83. The third-order valence-corrected chi connectivity index (χ3v) is 4.04. The summed E-state index contributed by atoms with van der Waals surface area (Å²) in [6, 6.07) is 21.0. The van der Waals surface area contributed by atoms with Crippen LogP contribution in [-0.4, -0.2) is 12.4 Å². The molecule has 0 aromatic heterocycles. The van der Waals surface area contributed by atoms with Crippen molar-refractivity contribution in [2.24, 2.45) is 10.4 Å². The molecule has 0 aliphatic carbocycles. The van der Waals surface area contributed by atoms with Crippen LogP contribution in [0.5, 0.6) is 0 Å². The van der Waals surface area contributed by atoms with Crippen LogP contribution in [0.1, 0.15) is 31.9 Å². The minimum Gasteiger partial charge on any atom is -0.467 e. The van der Waals surface area contributed by atoms with E-state index in [1.54, 1.807) is 0 Å². The number of hydrogen-bond acceptors (Lipinski definition) is 2. The summed E-state index contributed by atoms with van der Waals surface area (Å²) >= 11 is 0. The van der Waals surface area contributed by atoms with E-state index in [9.17, 15) is 0 Å². The molecule has 1 aliphatic rings. The normalized spacial score (nSPS) is 21.3. The molecule has 0 saturated heterocycles. The maximum atomic E-state index is 6.45. The zero-order valence-electron chi connectivity index (χ0n) is 13.5. The molecule has 0 unspecified atom stereocenters. The lowest BCUT2D eigenvalue weighted by atomic mass is 9.87. The quantitative estimate of drug-likeness (QED) is 0.810. The molecule has 22 heavy (non-hydrogen) atoms. The fraction of sp³-hybridized carbons (Fsp3) is 0.350. The first-order chi connectivity index (χ1) is 10.5. The molecule has 2 nitrogen and oxygen atoms in total. The molecule has 0 radical (unpaired) electrons. The van der Waals surface area contributed by atoms with Crippen LogP contribution in [0.3, 0.4) is 0 Å². The van der Waals surface area contributed by atoms with Gasteiger partial charge >= 0.3 is 0 Å². The number of rotatable bonds is 3. The molecule has 0 spiro atoms. The summed E-state index contributed by atoms with van der Waals surface area (Å²) in [5, 5.41) is 0. The fourth-order valence-electron chi connectivity index (χ4n) is 2.85. The third-order valence-electron chi connectivity index (χ3n) is 4.04. The molecule has 0 amide bonds. The highest BCUT2D eigenvalue weighted by atomic mass is 16.5. The van der Waals surface area contributed by atoms with Crippen molar-refractivity contribution in [3.05, 3.63) is 71.8 Å². The summed E-state index contributed by atoms with van der Waals surface area (Å²) in [7, 11) is 0. The van der Waals surface area contributed by atoms with E-state index in [0.717, 1.165) is 12.3 Å². The first kappa shape index (κ1) is 14.8. The molecule has 0 saturated carbocycles. The van der Waals surface area contributed by atoms with Gasteiger partial charge in [0.2, 0.25) is 0 Å². The molecule has 1 atom stereocenters. The molecule has 1 aliphatic heterocycles. The molecule has 2 heteroatoms. The van der Waals surface area contributed by atoms with E-state index in [-0.39, 0.29) is 11.0 Å². The Kier molecular flexibility index (Phi) is 3.78. The van der Waals surface area contributed by atoms with E-state index in [4.69, 9.17) is 9.73 Å². The molecule has 0 bridgehead atoms. The maximum absolute atomic E-state index is 6.45. The average Bonchev–Trinajstić information content (AvgIpc) is 2.95. The number of ether oxygens (including phenoxy) is 1. The van der Waals surface area contributed by atoms with Crippen molar-refractivity contribution in [1.29, 1.82) is 0 Å². The van der Waals surface area contributed by atoms with Gasteiger partial charge in [-0.25, -0.2) is 0 Å². The van der Waals surface area contributed by atoms with Crippen molar-refractivity contribution in [3.63, 3.8) is 0 Å². The lowest BCUT2D eigenvalue weighted by Gasteiger charge is -2.31. The Labute approximate surface area is 132 Å². The predicted octanol–water partition coefficient (Wildman–Crippen LogP) is 4.60. The van der Waals surface area contributed by atoms with E-state index < -0.39 is 0 Å². The van der Waals surface area contributed by atoms with Crippen LogP contribution in [-0.2, 0) is 16.8 Å². The molecule has 2 aromatic carbocycles. The molecular weight excluding hydrogens is 270 g/mol. The van der Waals surface area contributed by atoms with Crippen LogP contribution in [0.2, 0.25) is 0 Å². The summed E-state index contributed by atoms with van der Waals surface area (Å²) in [5.74, 6) is 0.854. The number of nitrogens with zero attached hydrogens (tertiary/aromatic N) is 1. The van der Waals surface area contributed by atoms with E-state index in [1.807, 2.05) is 12.1 Å². The summed E-state index contributed by atoms with van der Waals surface area (Å²) in [6.07, 6.45) is 0.834. The largest absolute Gasteiger partial charge is 0.467 e. The first-order valence-electron chi connectivity index (χ1n) is 7.83. The Bertz CT molecular complexity index is 655. The van der Waals surface area contributed by atoms with Gasteiger partial charge in [0.1, 0.15) is 0 Å². The summed E-state index contributed by atoms with van der Waals surface area (Å²) in [4.78, 5) is 4.73.